The number of thiophene rings is 2. The molecule has 48 heavy (non-hydrogen) atoms. The van der Waals surface area contributed by atoms with Crippen LogP contribution in [0.4, 0.5) is 0 Å². The molecular weight excluding hydrogens is 641 g/mol. The molecule has 0 spiro atoms. The molecule has 0 radical (unpaired) electrons. The van der Waals surface area contributed by atoms with Crippen molar-refractivity contribution in [3.8, 4) is 42.4 Å². The smallest absolute Gasteiger partial charge is 0.114 e. The second-order valence-electron chi connectivity index (χ2n) is 13.9. The van der Waals surface area contributed by atoms with Gasteiger partial charge in [0.15, 0.2) is 0 Å². The van der Waals surface area contributed by atoms with Crippen molar-refractivity contribution in [1.29, 1.82) is 0 Å². The van der Waals surface area contributed by atoms with Crippen molar-refractivity contribution in [3.63, 3.8) is 0 Å². The summed E-state index contributed by atoms with van der Waals surface area (Å²) >= 11 is 4.96. The quantitative estimate of drug-likeness (QED) is 0.107. The summed E-state index contributed by atoms with van der Waals surface area (Å²) in [4.78, 5) is 3.83. The van der Waals surface area contributed by atoms with Crippen molar-refractivity contribution < 1.29 is 0 Å². The summed E-state index contributed by atoms with van der Waals surface area (Å²) in [6, 6.07) is 30.2. The van der Waals surface area contributed by atoms with Gasteiger partial charge in [-0.3, -0.25) is 0 Å². The van der Waals surface area contributed by atoms with E-state index in [-0.39, 0.29) is 5.41 Å². The lowest BCUT2D eigenvalue weighted by Crippen LogP contribution is -2.31. The van der Waals surface area contributed by atoms with Gasteiger partial charge in [0.25, 0.3) is 0 Å². The molecule has 0 fully saturated rings. The van der Waals surface area contributed by atoms with Crippen LogP contribution in [-0.4, -0.2) is 8.75 Å². The monoisotopic (exact) mass is 688 g/mol. The van der Waals surface area contributed by atoms with Gasteiger partial charge >= 0.3 is 0 Å². The fraction of sp³-hybridized carbons (Fsp3) is 0.395. The molecular formula is C43H48N2S3. The van der Waals surface area contributed by atoms with E-state index in [0.717, 1.165) is 22.9 Å². The van der Waals surface area contributed by atoms with Crippen LogP contribution >= 0.6 is 34.4 Å². The summed E-state index contributed by atoms with van der Waals surface area (Å²) in [5, 5.41) is 2.13. The number of hydrogen-bond acceptors (Lipinski definition) is 5. The fourth-order valence-electron chi connectivity index (χ4n) is 8.34. The Morgan fingerprint density at radius 3 is 1.88 bits per heavy atom. The van der Waals surface area contributed by atoms with Crippen LogP contribution in [0.15, 0.2) is 84.2 Å². The molecule has 0 bridgehead atoms. The first kappa shape index (κ1) is 33.4. The maximum Gasteiger partial charge on any atom is 0.114 e. The Labute approximate surface area is 299 Å². The van der Waals surface area contributed by atoms with Gasteiger partial charge in [-0.2, -0.15) is 8.75 Å². The van der Waals surface area contributed by atoms with E-state index in [1.54, 1.807) is 22.5 Å². The highest BCUT2D eigenvalue weighted by atomic mass is 32.1. The van der Waals surface area contributed by atoms with Gasteiger partial charge in [0, 0.05) is 31.2 Å². The lowest BCUT2D eigenvalue weighted by Gasteiger charge is -2.38. The van der Waals surface area contributed by atoms with E-state index in [1.807, 2.05) is 11.3 Å². The minimum atomic E-state index is 0.0565. The fourth-order valence-corrected chi connectivity index (χ4v) is 10.7. The Hall–Kier alpha value is -3.12. The number of benzene rings is 3. The zero-order chi connectivity index (χ0) is 33.1. The molecule has 3 aromatic carbocycles. The highest BCUT2D eigenvalue weighted by Crippen LogP contribution is 2.57. The van der Waals surface area contributed by atoms with Crippen LogP contribution in [-0.2, 0) is 5.41 Å². The van der Waals surface area contributed by atoms with E-state index in [2.05, 4.69) is 112 Å². The molecule has 2 nitrogen and oxygen atoms in total. The predicted octanol–water partition coefficient (Wildman–Crippen LogP) is 14.3. The molecule has 1 aliphatic carbocycles. The van der Waals surface area contributed by atoms with E-state index in [4.69, 9.17) is 8.75 Å². The molecule has 6 aromatic rings. The number of fused-ring (bicyclic) bond motifs is 4. The first-order chi connectivity index (χ1) is 23.6. The molecule has 1 aliphatic rings. The first-order valence-corrected chi connectivity index (χ1v) is 20.7. The topological polar surface area (TPSA) is 25.8 Å². The van der Waals surface area contributed by atoms with Crippen molar-refractivity contribution in [2.45, 2.75) is 97.3 Å². The van der Waals surface area contributed by atoms with E-state index in [1.165, 1.54) is 118 Å². The lowest BCUT2D eigenvalue weighted by atomic mass is 9.65. The summed E-state index contributed by atoms with van der Waals surface area (Å²) in [6.07, 6.45) is 12.9. The molecule has 248 valence electrons. The van der Waals surface area contributed by atoms with E-state index >= 15 is 0 Å². The second-order valence-corrected chi connectivity index (χ2v) is 16.5. The Bertz CT molecular complexity index is 1950. The average molecular weight is 689 g/mol. The van der Waals surface area contributed by atoms with Gasteiger partial charge in [-0.15, -0.1) is 22.7 Å². The average Bonchev–Trinajstić information content (AvgIpc) is 3.96. The number of hydrogen-bond donors (Lipinski definition) is 0. The van der Waals surface area contributed by atoms with Gasteiger partial charge in [0.2, 0.25) is 0 Å². The molecule has 2 atom stereocenters. The van der Waals surface area contributed by atoms with Crippen LogP contribution in [0.3, 0.4) is 0 Å². The van der Waals surface area contributed by atoms with Gasteiger partial charge in [-0.25, -0.2) is 0 Å². The number of rotatable bonds is 15. The minimum Gasteiger partial charge on any atom is -0.172 e. The summed E-state index contributed by atoms with van der Waals surface area (Å²) in [6.45, 7) is 9.54. The molecule has 0 amide bonds. The summed E-state index contributed by atoms with van der Waals surface area (Å²) in [7, 11) is 0. The third-order valence-corrected chi connectivity index (χ3v) is 13.6. The molecule has 0 N–H and O–H groups in total. The molecule has 3 heterocycles. The highest BCUT2D eigenvalue weighted by molar-refractivity contribution is 7.19. The third-order valence-electron chi connectivity index (χ3n) is 11.0. The maximum atomic E-state index is 4.79. The first-order valence-electron chi connectivity index (χ1n) is 18.2. The van der Waals surface area contributed by atoms with Gasteiger partial charge in [-0.05, 0) is 82.1 Å². The summed E-state index contributed by atoms with van der Waals surface area (Å²) < 4.78 is 9.53. The van der Waals surface area contributed by atoms with Crippen LogP contribution < -0.4 is 0 Å². The third kappa shape index (κ3) is 6.23. The van der Waals surface area contributed by atoms with E-state index < -0.39 is 0 Å². The van der Waals surface area contributed by atoms with Crippen molar-refractivity contribution in [2.75, 3.05) is 0 Å². The van der Waals surface area contributed by atoms with E-state index in [9.17, 15) is 0 Å². The SMILES string of the molecule is CCCCC(CC)CC1(CC(CC)CCCC)c2ccccc2-c2ccc(-c3ccc(-c4ccc(-c5cccs5)c5nsnc45)s3)cc21. The Morgan fingerprint density at radius 1 is 0.604 bits per heavy atom. The molecule has 5 heteroatoms. The summed E-state index contributed by atoms with van der Waals surface area (Å²) in [5.41, 5.74) is 11.9. The zero-order valence-corrected chi connectivity index (χ0v) is 31.4. The molecule has 2 unspecified atom stereocenters. The normalized spacial score (nSPS) is 16.7. The summed E-state index contributed by atoms with van der Waals surface area (Å²) in [5.74, 6) is 1.46. The lowest BCUT2D eigenvalue weighted by molar-refractivity contribution is 0.266. The van der Waals surface area contributed by atoms with Crippen LogP contribution in [0.25, 0.3) is 53.5 Å². The van der Waals surface area contributed by atoms with Gasteiger partial charge in [-0.1, -0.05) is 134 Å². The predicted molar refractivity (Wildman–Crippen MR) is 212 cm³/mol. The molecule has 7 rings (SSSR count). The number of unbranched alkanes of at least 4 members (excludes halogenated alkanes) is 2. The zero-order valence-electron chi connectivity index (χ0n) is 28.9. The van der Waals surface area contributed by atoms with Crippen molar-refractivity contribution in [3.05, 3.63) is 95.4 Å². The van der Waals surface area contributed by atoms with Gasteiger partial charge in [0.05, 0.1) is 11.7 Å². The minimum absolute atomic E-state index is 0.0565. The van der Waals surface area contributed by atoms with Crippen molar-refractivity contribution in [2.24, 2.45) is 11.8 Å². The molecule has 3 aromatic heterocycles. The maximum absolute atomic E-state index is 4.79. The van der Waals surface area contributed by atoms with Crippen LogP contribution in [0.5, 0.6) is 0 Å². The standard InChI is InChI=1S/C43H48N2S3/c1-5-9-14-29(7-3)27-43(28-30(8-4)15-10-6-2)36-17-12-11-16-32(36)33-20-19-31(26-37(33)43)38-23-24-40(47-38)35-22-21-34(39-18-13-25-46-39)41-42(35)45-48-44-41/h11-13,16-26,29-30H,5-10,14-15,27-28H2,1-4H3. The van der Waals surface area contributed by atoms with Crippen molar-refractivity contribution in [1.82, 2.24) is 8.75 Å². The van der Waals surface area contributed by atoms with Crippen molar-refractivity contribution >= 4 is 45.4 Å². The van der Waals surface area contributed by atoms with Crippen LogP contribution in [0.1, 0.15) is 103 Å². The van der Waals surface area contributed by atoms with Crippen LogP contribution in [0, 0.1) is 11.8 Å². The Balaban J connectivity index is 1.31. The van der Waals surface area contributed by atoms with Crippen LogP contribution in [0.2, 0.25) is 0 Å². The largest absolute Gasteiger partial charge is 0.172 e. The highest BCUT2D eigenvalue weighted by Gasteiger charge is 2.45. The second kappa shape index (κ2) is 14.8. The molecule has 0 saturated carbocycles. The molecule has 0 aliphatic heterocycles. The van der Waals surface area contributed by atoms with Gasteiger partial charge in [0.1, 0.15) is 11.0 Å². The Morgan fingerprint density at radius 2 is 1.23 bits per heavy atom. The molecule has 0 saturated heterocycles. The number of nitrogens with zero attached hydrogens (tertiary/aromatic N) is 2. The Kier molecular flexibility index (Phi) is 10.3. The number of aromatic nitrogens is 2. The van der Waals surface area contributed by atoms with E-state index in [0.29, 0.717) is 0 Å². The van der Waals surface area contributed by atoms with Gasteiger partial charge < -0.3 is 0 Å².